The van der Waals surface area contributed by atoms with Crippen LogP contribution in [-0.4, -0.2) is 31.1 Å². The van der Waals surface area contributed by atoms with Gasteiger partial charge in [0.15, 0.2) is 0 Å². The molecule has 4 heteroatoms. The van der Waals surface area contributed by atoms with Crippen molar-refractivity contribution in [3.63, 3.8) is 0 Å². The van der Waals surface area contributed by atoms with Crippen molar-refractivity contribution in [3.05, 3.63) is 29.8 Å². The third-order valence-corrected chi connectivity index (χ3v) is 3.52. The third-order valence-electron chi connectivity index (χ3n) is 3.52. The van der Waals surface area contributed by atoms with Crippen LogP contribution in [0.4, 0.5) is 0 Å². The molecule has 2 N–H and O–H groups in total. The van der Waals surface area contributed by atoms with Gasteiger partial charge in [-0.2, -0.15) is 0 Å². The standard InChI is InChI=1S/C16H24N2O2/c1-12-5-7-15(8-6-12)20-11-13(2)18-16(19)10-14-4-3-9-17-14/h5-8,13-14,17H,3-4,9-11H2,1-2H3,(H,18,19). The van der Waals surface area contributed by atoms with Crippen molar-refractivity contribution in [3.8, 4) is 5.75 Å². The Hall–Kier alpha value is -1.55. The van der Waals surface area contributed by atoms with Gasteiger partial charge in [0.25, 0.3) is 0 Å². The minimum atomic E-state index is 0.0187. The van der Waals surface area contributed by atoms with Crippen LogP contribution in [0.5, 0.6) is 5.75 Å². The molecule has 1 fully saturated rings. The molecule has 1 aromatic rings. The molecule has 0 aliphatic carbocycles. The van der Waals surface area contributed by atoms with Crippen LogP contribution in [0, 0.1) is 6.92 Å². The van der Waals surface area contributed by atoms with E-state index in [2.05, 4.69) is 10.6 Å². The number of hydrogen-bond acceptors (Lipinski definition) is 3. The number of aryl methyl sites for hydroxylation is 1. The maximum absolute atomic E-state index is 11.9. The number of hydrogen-bond donors (Lipinski definition) is 2. The van der Waals surface area contributed by atoms with E-state index in [1.165, 1.54) is 12.0 Å². The second kappa shape index (κ2) is 7.29. The van der Waals surface area contributed by atoms with Crippen LogP contribution in [-0.2, 0) is 4.79 Å². The van der Waals surface area contributed by atoms with Crippen molar-refractivity contribution in [2.75, 3.05) is 13.2 Å². The van der Waals surface area contributed by atoms with Gasteiger partial charge < -0.3 is 15.4 Å². The molecule has 0 aromatic heterocycles. The first-order valence-corrected chi connectivity index (χ1v) is 7.35. The lowest BCUT2D eigenvalue weighted by Crippen LogP contribution is -2.39. The molecule has 0 radical (unpaired) electrons. The maximum atomic E-state index is 11.9. The molecule has 1 aromatic carbocycles. The van der Waals surface area contributed by atoms with E-state index in [4.69, 9.17) is 4.74 Å². The Morgan fingerprint density at radius 2 is 2.20 bits per heavy atom. The Balaban J connectivity index is 1.67. The van der Waals surface area contributed by atoms with Crippen LogP contribution in [0.3, 0.4) is 0 Å². The van der Waals surface area contributed by atoms with Crippen LogP contribution in [0.2, 0.25) is 0 Å². The number of ether oxygens (including phenoxy) is 1. The van der Waals surface area contributed by atoms with Gasteiger partial charge in [-0.25, -0.2) is 0 Å². The molecule has 110 valence electrons. The molecule has 0 bridgehead atoms. The molecule has 1 heterocycles. The van der Waals surface area contributed by atoms with Crippen molar-refractivity contribution < 1.29 is 9.53 Å². The van der Waals surface area contributed by atoms with Crippen molar-refractivity contribution in [2.24, 2.45) is 0 Å². The lowest BCUT2D eigenvalue weighted by Gasteiger charge is -2.17. The topological polar surface area (TPSA) is 50.4 Å². The van der Waals surface area contributed by atoms with Crippen molar-refractivity contribution in [2.45, 2.75) is 45.2 Å². The van der Waals surface area contributed by atoms with Gasteiger partial charge in [-0.1, -0.05) is 17.7 Å². The molecule has 2 unspecified atom stereocenters. The SMILES string of the molecule is Cc1ccc(OCC(C)NC(=O)CC2CCCN2)cc1. The summed E-state index contributed by atoms with van der Waals surface area (Å²) in [5.41, 5.74) is 1.21. The number of carbonyl (C=O) groups excluding carboxylic acids is 1. The van der Waals surface area contributed by atoms with Gasteiger partial charge in [0.2, 0.25) is 5.91 Å². The van der Waals surface area contributed by atoms with E-state index in [0.717, 1.165) is 18.7 Å². The largest absolute Gasteiger partial charge is 0.491 e. The average Bonchev–Trinajstić information content (AvgIpc) is 2.90. The van der Waals surface area contributed by atoms with Crippen molar-refractivity contribution in [1.29, 1.82) is 0 Å². The predicted octanol–water partition coefficient (Wildman–Crippen LogP) is 2.02. The summed E-state index contributed by atoms with van der Waals surface area (Å²) >= 11 is 0. The summed E-state index contributed by atoms with van der Waals surface area (Å²) in [6.45, 7) is 5.54. The number of benzene rings is 1. The molecule has 0 saturated carbocycles. The fourth-order valence-corrected chi connectivity index (χ4v) is 2.39. The molecule has 2 rings (SSSR count). The fraction of sp³-hybridized carbons (Fsp3) is 0.562. The van der Waals surface area contributed by atoms with Gasteiger partial charge in [-0.05, 0) is 45.4 Å². The minimum Gasteiger partial charge on any atom is -0.491 e. The zero-order valence-corrected chi connectivity index (χ0v) is 12.3. The molecule has 4 nitrogen and oxygen atoms in total. The first-order chi connectivity index (χ1) is 9.63. The summed E-state index contributed by atoms with van der Waals surface area (Å²) in [6, 6.07) is 8.30. The quantitative estimate of drug-likeness (QED) is 0.836. The van der Waals surface area contributed by atoms with Gasteiger partial charge in [-0.15, -0.1) is 0 Å². The first kappa shape index (κ1) is 14.9. The Morgan fingerprint density at radius 3 is 2.85 bits per heavy atom. The summed E-state index contributed by atoms with van der Waals surface area (Å²) in [7, 11) is 0. The minimum absolute atomic E-state index is 0.0187. The van der Waals surface area contributed by atoms with E-state index in [0.29, 0.717) is 19.1 Å². The lowest BCUT2D eigenvalue weighted by molar-refractivity contribution is -0.122. The highest BCUT2D eigenvalue weighted by atomic mass is 16.5. The Kier molecular flexibility index (Phi) is 5.41. The van der Waals surface area contributed by atoms with E-state index >= 15 is 0 Å². The van der Waals surface area contributed by atoms with E-state index in [1.54, 1.807) is 0 Å². The number of nitrogens with one attached hydrogen (secondary N) is 2. The highest BCUT2D eigenvalue weighted by Gasteiger charge is 2.18. The van der Waals surface area contributed by atoms with Gasteiger partial charge >= 0.3 is 0 Å². The summed E-state index contributed by atoms with van der Waals surface area (Å²) < 4.78 is 5.66. The molecule has 2 atom stereocenters. The smallest absolute Gasteiger partial charge is 0.221 e. The first-order valence-electron chi connectivity index (χ1n) is 7.35. The predicted molar refractivity (Wildman–Crippen MR) is 79.9 cm³/mol. The summed E-state index contributed by atoms with van der Waals surface area (Å²) in [6.07, 6.45) is 2.83. The summed E-state index contributed by atoms with van der Waals surface area (Å²) in [5, 5.41) is 6.32. The van der Waals surface area contributed by atoms with Gasteiger partial charge in [0, 0.05) is 12.5 Å². The maximum Gasteiger partial charge on any atom is 0.221 e. The van der Waals surface area contributed by atoms with E-state index in [-0.39, 0.29) is 11.9 Å². The molecule has 1 amide bonds. The van der Waals surface area contributed by atoms with E-state index in [9.17, 15) is 4.79 Å². The van der Waals surface area contributed by atoms with Gasteiger partial charge in [-0.3, -0.25) is 4.79 Å². The summed E-state index contributed by atoms with van der Waals surface area (Å²) in [4.78, 5) is 11.9. The zero-order valence-electron chi connectivity index (χ0n) is 12.3. The van der Waals surface area contributed by atoms with Crippen LogP contribution < -0.4 is 15.4 Å². The molecule has 1 aliphatic heterocycles. The third kappa shape index (κ3) is 4.85. The van der Waals surface area contributed by atoms with Crippen LogP contribution in [0.25, 0.3) is 0 Å². The van der Waals surface area contributed by atoms with Crippen LogP contribution >= 0.6 is 0 Å². The fourth-order valence-electron chi connectivity index (χ4n) is 2.39. The second-order valence-corrected chi connectivity index (χ2v) is 5.59. The molecule has 20 heavy (non-hydrogen) atoms. The number of carbonyl (C=O) groups is 1. The normalized spacial score (nSPS) is 19.6. The van der Waals surface area contributed by atoms with Gasteiger partial charge in [0.05, 0.1) is 6.04 Å². The van der Waals surface area contributed by atoms with Crippen LogP contribution in [0.15, 0.2) is 24.3 Å². The van der Waals surface area contributed by atoms with Crippen molar-refractivity contribution >= 4 is 5.91 Å². The zero-order chi connectivity index (χ0) is 14.4. The van der Waals surface area contributed by atoms with Crippen LogP contribution in [0.1, 0.15) is 31.7 Å². The number of rotatable bonds is 6. The van der Waals surface area contributed by atoms with Gasteiger partial charge in [0.1, 0.15) is 12.4 Å². The van der Waals surface area contributed by atoms with E-state index in [1.807, 2.05) is 38.1 Å². The Morgan fingerprint density at radius 1 is 1.45 bits per heavy atom. The van der Waals surface area contributed by atoms with E-state index < -0.39 is 0 Å². The molecular formula is C16H24N2O2. The molecule has 1 aliphatic rings. The molecule has 0 spiro atoms. The Labute approximate surface area is 120 Å². The molecular weight excluding hydrogens is 252 g/mol. The highest BCUT2D eigenvalue weighted by molar-refractivity contribution is 5.76. The average molecular weight is 276 g/mol. The molecule has 1 saturated heterocycles. The lowest BCUT2D eigenvalue weighted by atomic mass is 10.1. The summed E-state index contributed by atoms with van der Waals surface area (Å²) in [5.74, 6) is 0.943. The van der Waals surface area contributed by atoms with Crippen molar-refractivity contribution in [1.82, 2.24) is 10.6 Å². The second-order valence-electron chi connectivity index (χ2n) is 5.59. The highest BCUT2D eigenvalue weighted by Crippen LogP contribution is 2.12. The monoisotopic (exact) mass is 276 g/mol. The number of amides is 1. The Bertz CT molecular complexity index is 425.